The molecule has 0 bridgehead atoms. The van der Waals surface area contributed by atoms with E-state index < -0.39 is 5.97 Å². The van der Waals surface area contributed by atoms with Crippen LogP contribution in [0.3, 0.4) is 0 Å². The predicted molar refractivity (Wildman–Crippen MR) is 51.1 cm³/mol. The zero-order valence-electron chi connectivity index (χ0n) is 5.30. The normalized spacial score (nSPS) is 10.0. The number of thiophene rings is 1. The Morgan fingerprint density at radius 1 is 1.64 bits per heavy atom. The highest BCUT2D eigenvalue weighted by molar-refractivity contribution is 9.11. The molecule has 5 heteroatoms. The van der Waals surface area contributed by atoms with E-state index in [2.05, 4.69) is 31.9 Å². The van der Waals surface area contributed by atoms with Crippen LogP contribution in [-0.4, -0.2) is 11.1 Å². The summed E-state index contributed by atoms with van der Waals surface area (Å²) in [6.45, 7) is 0. The van der Waals surface area contributed by atoms with Crippen molar-refractivity contribution in [3.63, 3.8) is 0 Å². The summed E-state index contributed by atoms with van der Waals surface area (Å²) in [6.07, 6.45) is 0.0802. The summed E-state index contributed by atoms with van der Waals surface area (Å²) in [6, 6.07) is 1.85. The van der Waals surface area contributed by atoms with Gasteiger partial charge in [-0.25, -0.2) is 0 Å². The average Bonchev–Trinajstić information content (AvgIpc) is 2.09. The first-order chi connectivity index (χ1) is 5.09. The van der Waals surface area contributed by atoms with Gasteiger partial charge in [0.15, 0.2) is 0 Å². The smallest absolute Gasteiger partial charge is 0.308 e. The quantitative estimate of drug-likeness (QED) is 0.912. The third-order valence-electron chi connectivity index (χ3n) is 1.04. The number of rotatable bonds is 2. The van der Waals surface area contributed by atoms with Gasteiger partial charge in [0.1, 0.15) is 0 Å². The second kappa shape index (κ2) is 3.69. The van der Waals surface area contributed by atoms with Crippen molar-refractivity contribution in [3.05, 3.63) is 19.2 Å². The van der Waals surface area contributed by atoms with Gasteiger partial charge in [0.05, 0.1) is 10.2 Å². The highest BCUT2D eigenvalue weighted by Crippen LogP contribution is 2.31. The van der Waals surface area contributed by atoms with Gasteiger partial charge in [-0.15, -0.1) is 11.3 Å². The Kier molecular flexibility index (Phi) is 3.09. The van der Waals surface area contributed by atoms with E-state index in [1.807, 2.05) is 6.07 Å². The molecule has 1 heterocycles. The Morgan fingerprint density at radius 2 is 2.27 bits per heavy atom. The fraction of sp³-hybridized carbons (Fsp3) is 0.167. The van der Waals surface area contributed by atoms with Crippen molar-refractivity contribution in [2.45, 2.75) is 6.42 Å². The van der Waals surface area contributed by atoms with E-state index in [-0.39, 0.29) is 6.42 Å². The molecule has 11 heavy (non-hydrogen) atoms. The first-order valence-electron chi connectivity index (χ1n) is 2.75. The Morgan fingerprint density at radius 3 is 2.64 bits per heavy atom. The Bertz CT molecular complexity index is 282. The average molecular weight is 300 g/mol. The lowest BCUT2D eigenvalue weighted by Crippen LogP contribution is -1.97. The lowest BCUT2D eigenvalue weighted by atomic mass is 10.3. The molecule has 0 amide bonds. The van der Waals surface area contributed by atoms with Gasteiger partial charge in [-0.3, -0.25) is 4.79 Å². The third-order valence-corrected chi connectivity index (χ3v) is 3.65. The first-order valence-corrected chi connectivity index (χ1v) is 5.15. The van der Waals surface area contributed by atoms with Crippen LogP contribution in [0.25, 0.3) is 0 Å². The van der Waals surface area contributed by atoms with Crippen LogP contribution in [0.4, 0.5) is 0 Å². The van der Waals surface area contributed by atoms with Crippen LogP contribution >= 0.6 is 43.2 Å². The Balaban J connectivity index is 2.85. The molecular formula is C6H4Br2O2S. The predicted octanol–water partition coefficient (Wildman–Crippen LogP) is 2.90. The molecule has 0 aromatic carbocycles. The molecule has 0 atom stereocenters. The summed E-state index contributed by atoms with van der Waals surface area (Å²) in [7, 11) is 0. The van der Waals surface area contributed by atoms with Crippen LogP contribution in [0.1, 0.15) is 4.88 Å². The highest BCUT2D eigenvalue weighted by atomic mass is 79.9. The monoisotopic (exact) mass is 298 g/mol. The molecular weight excluding hydrogens is 296 g/mol. The molecule has 1 aromatic heterocycles. The van der Waals surface area contributed by atoms with Gasteiger partial charge in [-0.1, -0.05) is 0 Å². The zero-order valence-corrected chi connectivity index (χ0v) is 9.29. The van der Waals surface area contributed by atoms with Crippen molar-refractivity contribution in [1.82, 2.24) is 0 Å². The fourth-order valence-electron chi connectivity index (χ4n) is 0.634. The molecule has 0 radical (unpaired) electrons. The van der Waals surface area contributed by atoms with Crippen molar-refractivity contribution < 1.29 is 9.90 Å². The van der Waals surface area contributed by atoms with Crippen LogP contribution in [-0.2, 0) is 11.2 Å². The molecule has 0 aliphatic heterocycles. The van der Waals surface area contributed by atoms with E-state index >= 15 is 0 Å². The summed E-state index contributed by atoms with van der Waals surface area (Å²) < 4.78 is 1.80. The summed E-state index contributed by atoms with van der Waals surface area (Å²) >= 11 is 7.96. The summed E-state index contributed by atoms with van der Waals surface area (Å²) in [5.41, 5.74) is 0. The summed E-state index contributed by atoms with van der Waals surface area (Å²) in [5.74, 6) is -0.806. The van der Waals surface area contributed by atoms with Gasteiger partial charge in [-0.2, -0.15) is 0 Å². The van der Waals surface area contributed by atoms with Crippen molar-refractivity contribution in [3.8, 4) is 0 Å². The molecule has 60 valence electrons. The van der Waals surface area contributed by atoms with Crippen LogP contribution in [0.2, 0.25) is 0 Å². The minimum Gasteiger partial charge on any atom is -0.481 e. The Hall–Kier alpha value is 0.130. The highest BCUT2D eigenvalue weighted by Gasteiger charge is 2.08. The maximum absolute atomic E-state index is 10.3. The second-order valence-electron chi connectivity index (χ2n) is 1.89. The topological polar surface area (TPSA) is 37.3 Å². The summed E-state index contributed by atoms with van der Waals surface area (Å²) in [5, 5.41) is 8.47. The number of aliphatic carboxylic acids is 1. The maximum atomic E-state index is 10.3. The molecule has 0 fully saturated rings. The van der Waals surface area contributed by atoms with E-state index in [1.165, 1.54) is 11.3 Å². The maximum Gasteiger partial charge on any atom is 0.308 e. The lowest BCUT2D eigenvalue weighted by Gasteiger charge is -1.89. The minimum atomic E-state index is -0.806. The number of carboxylic acids is 1. The lowest BCUT2D eigenvalue weighted by molar-refractivity contribution is -0.136. The summed E-state index contributed by atoms with van der Waals surface area (Å²) in [4.78, 5) is 11.1. The molecule has 0 saturated carbocycles. The molecule has 1 aromatic rings. The van der Waals surface area contributed by atoms with Gasteiger partial charge < -0.3 is 5.11 Å². The molecule has 0 aliphatic carbocycles. The largest absolute Gasteiger partial charge is 0.481 e. The molecule has 0 spiro atoms. The first kappa shape index (κ1) is 9.22. The zero-order chi connectivity index (χ0) is 8.43. The number of halogens is 2. The molecule has 1 N–H and O–H groups in total. The minimum absolute atomic E-state index is 0.0802. The molecule has 2 nitrogen and oxygen atoms in total. The van der Waals surface area contributed by atoms with Crippen LogP contribution in [0.5, 0.6) is 0 Å². The van der Waals surface area contributed by atoms with E-state index in [1.54, 1.807) is 0 Å². The van der Waals surface area contributed by atoms with Gasteiger partial charge >= 0.3 is 5.97 Å². The number of carbonyl (C=O) groups is 1. The van der Waals surface area contributed by atoms with Gasteiger partial charge in [0, 0.05) is 9.35 Å². The number of carboxylic acid groups (broad SMARTS) is 1. The van der Waals surface area contributed by atoms with Crippen molar-refractivity contribution in [2.24, 2.45) is 0 Å². The fourth-order valence-corrected chi connectivity index (χ4v) is 3.28. The van der Waals surface area contributed by atoms with Gasteiger partial charge in [0.25, 0.3) is 0 Å². The molecule has 0 unspecified atom stereocenters. The molecule has 0 aliphatic rings. The van der Waals surface area contributed by atoms with Gasteiger partial charge in [0.2, 0.25) is 0 Å². The number of hydrogen-bond acceptors (Lipinski definition) is 2. The van der Waals surface area contributed by atoms with Crippen LogP contribution in [0, 0.1) is 0 Å². The van der Waals surface area contributed by atoms with E-state index in [0.717, 1.165) is 13.1 Å². The van der Waals surface area contributed by atoms with E-state index in [0.29, 0.717) is 0 Å². The molecule has 0 saturated heterocycles. The third kappa shape index (κ3) is 2.57. The second-order valence-corrected chi connectivity index (χ2v) is 5.26. The Labute approximate surface area is 84.5 Å². The van der Waals surface area contributed by atoms with E-state index in [4.69, 9.17) is 5.11 Å². The SMILES string of the molecule is O=C(O)Cc1sc(Br)cc1Br. The standard InChI is InChI=1S/C6H4Br2O2S/c7-3-1-5(8)11-4(3)2-6(9)10/h1H,2H2,(H,9,10). The van der Waals surface area contributed by atoms with Crippen molar-refractivity contribution in [1.29, 1.82) is 0 Å². The van der Waals surface area contributed by atoms with Crippen molar-refractivity contribution >= 4 is 49.2 Å². The van der Waals surface area contributed by atoms with E-state index in [9.17, 15) is 4.79 Å². The molecule has 1 rings (SSSR count). The number of hydrogen-bond donors (Lipinski definition) is 1. The van der Waals surface area contributed by atoms with Crippen LogP contribution in [0.15, 0.2) is 14.3 Å². The van der Waals surface area contributed by atoms with Crippen LogP contribution < -0.4 is 0 Å². The van der Waals surface area contributed by atoms with Gasteiger partial charge in [-0.05, 0) is 37.9 Å². The van der Waals surface area contributed by atoms with Crippen molar-refractivity contribution in [2.75, 3.05) is 0 Å².